The monoisotopic (exact) mass is 370 g/mol. The average molecular weight is 370 g/mol. The van der Waals surface area contributed by atoms with Gasteiger partial charge in [0.25, 0.3) is 0 Å². The van der Waals surface area contributed by atoms with Crippen LogP contribution in [-0.2, 0) is 25.6 Å². The first kappa shape index (κ1) is 19.1. The van der Waals surface area contributed by atoms with Gasteiger partial charge in [0.2, 0.25) is 0 Å². The van der Waals surface area contributed by atoms with Gasteiger partial charge in [-0.05, 0) is 23.8 Å². The molecular formula is C21H22O6. The number of ketones is 1. The van der Waals surface area contributed by atoms with Crippen molar-refractivity contribution in [2.24, 2.45) is 0 Å². The van der Waals surface area contributed by atoms with Gasteiger partial charge >= 0.3 is 5.97 Å². The topological polar surface area (TPSA) is 71.1 Å². The smallest absolute Gasteiger partial charge is 0.344 e. The van der Waals surface area contributed by atoms with E-state index in [0.29, 0.717) is 36.5 Å². The molecule has 1 heterocycles. The molecule has 6 heteroatoms. The minimum absolute atomic E-state index is 0.00193. The molecule has 6 nitrogen and oxygen atoms in total. The van der Waals surface area contributed by atoms with Gasteiger partial charge in [-0.1, -0.05) is 37.3 Å². The quantitative estimate of drug-likeness (QED) is 0.524. The highest BCUT2D eigenvalue weighted by Gasteiger charge is 2.24. The van der Waals surface area contributed by atoms with Crippen LogP contribution in [0.1, 0.15) is 41.1 Å². The average Bonchev–Trinajstić information content (AvgIpc) is 3.25. The van der Waals surface area contributed by atoms with E-state index in [1.54, 1.807) is 25.1 Å². The highest BCUT2D eigenvalue weighted by Crippen LogP contribution is 2.30. The second-order valence-corrected chi connectivity index (χ2v) is 6.03. The summed E-state index contributed by atoms with van der Waals surface area (Å²) in [6, 6.07) is 14.4. The van der Waals surface area contributed by atoms with Gasteiger partial charge in [-0.2, -0.15) is 0 Å². The van der Waals surface area contributed by atoms with Gasteiger partial charge in [-0.3, -0.25) is 4.79 Å². The van der Waals surface area contributed by atoms with Crippen LogP contribution in [0.25, 0.3) is 0 Å². The van der Waals surface area contributed by atoms with Crippen LogP contribution in [0.2, 0.25) is 0 Å². The number of ether oxygens (including phenoxy) is 4. The predicted molar refractivity (Wildman–Crippen MR) is 97.4 cm³/mol. The van der Waals surface area contributed by atoms with Crippen molar-refractivity contribution in [2.45, 2.75) is 26.2 Å². The van der Waals surface area contributed by atoms with E-state index in [2.05, 4.69) is 0 Å². The number of carbonyl (C=O) groups is 2. The first-order valence-corrected chi connectivity index (χ1v) is 8.90. The summed E-state index contributed by atoms with van der Waals surface area (Å²) in [7, 11) is 0. The lowest BCUT2D eigenvalue weighted by Crippen LogP contribution is -2.15. The molecule has 0 radical (unpaired) electrons. The Morgan fingerprint density at radius 1 is 1.07 bits per heavy atom. The molecule has 0 aliphatic carbocycles. The Bertz CT molecular complexity index is 781. The van der Waals surface area contributed by atoms with Crippen molar-refractivity contribution in [3.05, 3.63) is 65.2 Å². The lowest BCUT2D eigenvalue weighted by Gasteiger charge is -2.15. The summed E-state index contributed by atoms with van der Waals surface area (Å²) in [4.78, 5) is 24.1. The van der Waals surface area contributed by atoms with Crippen molar-refractivity contribution in [1.82, 2.24) is 0 Å². The zero-order valence-corrected chi connectivity index (χ0v) is 15.2. The van der Waals surface area contributed by atoms with Gasteiger partial charge < -0.3 is 18.9 Å². The van der Waals surface area contributed by atoms with Crippen LogP contribution in [0.5, 0.6) is 5.75 Å². The number of hydrogen-bond acceptors (Lipinski definition) is 6. The van der Waals surface area contributed by atoms with E-state index >= 15 is 0 Å². The largest absolute Gasteiger partial charge is 0.482 e. The number of hydrogen-bond donors (Lipinski definition) is 0. The normalized spacial score (nSPS) is 14.1. The third-order valence-electron chi connectivity index (χ3n) is 4.12. The molecule has 1 saturated heterocycles. The number of Topliss-reactive ketones (excluding diaryl/α,β-unsaturated/α-hetero) is 1. The highest BCUT2D eigenvalue weighted by atomic mass is 16.7. The second-order valence-electron chi connectivity index (χ2n) is 6.03. The van der Waals surface area contributed by atoms with Crippen molar-refractivity contribution >= 4 is 11.8 Å². The third-order valence-corrected chi connectivity index (χ3v) is 4.12. The van der Waals surface area contributed by atoms with Gasteiger partial charge in [0, 0.05) is 17.5 Å². The lowest BCUT2D eigenvalue weighted by atomic mass is 10.0. The van der Waals surface area contributed by atoms with Crippen LogP contribution in [0, 0.1) is 0 Å². The zero-order valence-electron chi connectivity index (χ0n) is 15.2. The SMILES string of the molecule is CCC(=O)c1ccc(OCC(=O)OCc2ccccc2)cc1C1OCCO1. The van der Waals surface area contributed by atoms with Crippen LogP contribution in [0.3, 0.4) is 0 Å². The molecule has 0 spiro atoms. The van der Waals surface area contributed by atoms with Crippen LogP contribution < -0.4 is 4.74 Å². The third kappa shape index (κ3) is 5.15. The molecule has 1 aliphatic rings. The summed E-state index contributed by atoms with van der Waals surface area (Å²) in [6.45, 7) is 2.72. The molecule has 0 atom stereocenters. The van der Waals surface area contributed by atoms with Gasteiger partial charge in [0.15, 0.2) is 18.7 Å². The van der Waals surface area contributed by atoms with Crippen LogP contribution in [0.15, 0.2) is 48.5 Å². The summed E-state index contributed by atoms with van der Waals surface area (Å²) in [5, 5.41) is 0. The fraction of sp³-hybridized carbons (Fsp3) is 0.333. The first-order valence-electron chi connectivity index (χ1n) is 8.90. The van der Waals surface area contributed by atoms with Gasteiger partial charge in [-0.25, -0.2) is 4.79 Å². The fourth-order valence-corrected chi connectivity index (χ4v) is 2.73. The van der Waals surface area contributed by atoms with E-state index in [0.717, 1.165) is 5.56 Å². The Morgan fingerprint density at radius 3 is 2.52 bits per heavy atom. The second kappa shape index (κ2) is 9.30. The molecule has 0 aromatic heterocycles. The Hall–Kier alpha value is -2.70. The maximum Gasteiger partial charge on any atom is 0.344 e. The van der Waals surface area contributed by atoms with Crippen LogP contribution in [-0.4, -0.2) is 31.6 Å². The molecule has 0 N–H and O–H groups in total. The van der Waals surface area contributed by atoms with Gasteiger partial charge in [0.1, 0.15) is 12.4 Å². The molecule has 2 aromatic rings. The Kier molecular flexibility index (Phi) is 6.57. The minimum Gasteiger partial charge on any atom is -0.482 e. The molecule has 0 saturated carbocycles. The summed E-state index contributed by atoms with van der Waals surface area (Å²) in [5.74, 6) is -0.0196. The number of rotatable bonds is 8. The molecule has 0 unspecified atom stereocenters. The number of carbonyl (C=O) groups excluding carboxylic acids is 2. The van der Waals surface area contributed by atoms with Crippen molar-refractivity contribution in [2.75, 3.05) is 19.8 Å². The van der Waals surface area contributed by atoms with Crippen LogP contribution >= 0.6 is 0 Å². The molecule has 2 aromatic carbocycles. The van der Waals surface area contributed by atoms with E-state index in [9.17, 15) is 9.59 Å². The van der Waals surface area contributed by atoms with Crippen molar-refractivity contribution in [1.29, 1.82) is 0 Å². The molecule has 27 heavy (non-hydrogen) atoms. The highest BCUT2D eigenvalue weighted by molar-refractivity contribution is 5.97. The number of benzene rings is 2. The molecule has 0 bridgehead atoms. The standard InChI is InChI=1S/C21H22O6/c1-2-19(22)17-9-8-16(12-18(17)21-24-10-11-25-21)26-14-20(23)27-13-15-6-4-3-5-7-15/h3-9,12,21H,2,10-11,13-14H2,1H3. The fourth-order valence-electron chi connectivity index (χ4n) is 2.73. The Morgan fingerprint density at radius 2 is 1.81 bits per heavy atom. The molecular weight excluding hydrogens is 348 g/mol. The van der Waals surface area contributed by atoms with Crippen molar-refractivity contribution in [3.8, 4) is 5.75 Å². The molecule has 0 amide bonds. The maximum absolute atomic E-state index is 12.2. The lowest BCUT2D eigenvalue weighted by molar-refractivity contribution is -0.147. The minimum atomic E-state index is -0.593. The van der Waals surface area contributed by atoms with E-state index in [4.69, 9.17) is 18.9 Å². The summed E-state index contributed by atoms with van der Waals surface area (Å²) < 4.78 is 21.8. The maximum atomic E-state index is 12.2. The summed E-state index contributed by atoms with van der Waals surface area (Å²) in [5.41, 5.74) is 2.07. The van der Waals surface area contributed by atoms with Crippen LogP contribution in [0.4, 0.5) is 0 Å². The van der Waals surface area contributed by atoms with E-state index < -0.39 is 12.3 Å². The molecule has 1 fully saturated rings. The predicted octanol–water partition coefficient (Wildman–Crippen LogP) is 3.45. The Balaban J connectivity index is 1.61. The summed E-state index contributed by atoms with van der Waals surface area (Å²) >= 11 is 0. The van der Waals surface area contributed by atoms with Crippen molar-refractivity contribution in [3.63, 3.8) is 0 Å². The molecule has 1 aliphatic heterocycles. The van der Waals surface area contributed by atoms with E-state index in [1.165, 1.54) is 0 Å². The molecule has 142 valence electrons. The van der Waals surface area contributed by atoms with E-state index in [-0.39, 0.29) is 19.0 Å². The van der Waals surface area contributed by atoms with E-state index in [1.807, 2.05) is 30.3 Å². The summed E-state index contributed by atoms with van der Waals surface area (Å²) in [6.07, 6.45) is -0.213. The molecule has 3 rings (SSSR count). The first-order chi connectivity index (χ1) is 13.2. The Labute approximate surface area is 158 Å². The van der Waals surface area contributed by atoms with Gasteiger partial charge in [-0.15, -0.1) is 0 Å². The van der Waals surface area contributed by atoms with Gasteiger partial charge in [0.05, 0.1) is 13.2 Å². The van der Waals surface area contributed by atoms with Crippen molar-refractivity contribution < 1.29 is 28.5 Å². The number of esters is 1. The zero-order chi connectivity index (χ0) is 19.1.